The molecule has 0 atom stereocenters. The molecule has 25 heavy (non-hydrogen) atoms. The third kappa shape index (κ3) is 3.80. The Morgan fingerprint density at radius 2 is 1.96 bits per heavy atom. The molecule has 6 heteroatoms. The monoisotopic (exact) mass is 340 g/mol. The fourth-order valence-corrected chi connectivity index (χ4v) is 2.91. The number of benzene rings is 2. The number of aromatic carboxylic acids is 1. The number of anilines is 2. The maximum atomic E-state index is 12.0. The highest BCUT2D eigenvalue weighted by Crippen LogP contribution is 2.30. The van der Waals surface area contributed by atoms with Crippen molar-refractivity contribution in [1.29, 1.82) is 0 Å². The summed E-state index contributed by atoms with van der Waals surface area (Å²) in [5, 5.41) is 12.3. The average molecular weight is 340 g/mol. The van der Waals surface area contributed by atoms with Gasteiger partial charge in [-0.1, -0.05) is 12.1 Å². The van der Waals surface area contributed by atoms with Crippen molar-refractivity contribution < 1.29 is 19.4 Å². The minimum Gasteiger partial charge on any atom is -0.478 e. The molecule has 1 aliphatic rings. The lowest BCUT2D eigenvalue weighted by Crippen LogP contribution is -2.36. The summed E-state index contributed by atoms with van der Waals surface area (Å²) in [6.45, 7) is 0.855. The van der Waals surface area contributed by atoms with Crippen LogP contribution in [-0.4, -0.2) is 30.8 Å². The quantitative estimate of drug-likeness (QED) is 0.845. The van der Waals surface area contributed by atoms with E-state index in [1.807, 2.05) is 12.1 Å². The number of ether oxygens (including phenoxy) is 1. The number of carboxylic acids is 1. The van der Waals surface area contributed by atoms with Gasteiger partial charge in [-0.25, -0.2) is 4.79 Å². The Morgan fingerprint density at radius 1 is 1.20 bits per heavy atom. The van der Waals surface area contributed by atoms with Gasteiger partial charge in [0.2, 0.25) is 5.91 Å². The largest absolute Gasteiger partial charge is 0.478 e. The van der Waals surface area contributed by atoms with Crippen molar-refractivity contribution >= 4 is 23.3 Å². The van der Waals surface area contributed by atoms with E-state index in [2.05, 4.69) is 11.4 Å². The van der Waals surface area contributed by atoms with Crippen LogP contribution < -0.4 is 10.2 Å². The molecule has 0 aromatic heterocycles. The first-order valence-electron chi connectivity index (χ1n) is 8.07. The van der Waals surface area contributed by atoms with Crippen molar-refractivity contribution in [2.75, 3.05) is 24.1 Å². The number of amides is 1. The standard InChI is InChI=1S/C19H20N2O4/c1-25-12-21-17-8-7-16(10-15(17)6-9-18(21)22)20-11-13-2-4-14(5-3-13)19(23)24/h2-5,7-8,10,20H,6,9,11-12H2,1H3,(H,23,24). The zero-order valence-electron chi connectivity index (χ0n) is 14.0. The number of aryl methyl sites for hydroxylation is 1. The van der Waals surface area contributed by atoms with Crippen LogP contribution >= 0.6 is 0 Å². The Kier molecular flexibility index (Phi) is 5.00. The number of carboxylic acid groups (broad SMARTS) is 1. The van der Waals surface area contributed by atoms with E-state index in [0.29, 0.717) is 13.0 Å². The first-order chi connectivity index (χ1) is 12.1. The molecule has 3 rings (SSSR count). The Hall–Kier alpha value is -2.86. The molecule has 2 aromatic carbocycles. The number of hydrogen-bond acceptors (Lipinski definition) is 4. The van der Waals surface area contributed by atoms with Crippen LogP contribution in [0.3, 0.4) is 0 Å². The van der Waals surface area contributed by atoms with E-state index in [-0.39, 0.29) is 18.2 Å². The van der Waals surface area contributed by atoms with Crippen LogP contribution in [0.4, 0.5) is 11.4 Å². The lowest BCUT2D eigenvalue weighted by Gasteiger charge is -2.29. The fourth-order valence-electron chi connectivity index (χ4n) is 2.91. The molecule has 130 valence electrons. The zero-order chi connectivity index (χ0) is 17.8. The number of fused-ring (bicyclic) bond motifs is 1. The maximum absolute atomic E-state index is 12.0. The zero-order valence-corrected chi connectivity index (χ0v) is 14.0. The van der Waals surface area contributed by atoms with Gasteiger partial charge in [0.05, 0.1) is 5.56 Å². The van der Waals surface area contributed by atoms with Crippen LogP contribution in [0, 0.1) is 0 Å². The van der Waals surface area contributed by atoms with Gasteiger partial charge in [-0.2, -0.15) is 0 Å². The Bertz CT molecular complexity index is 787. The average Bonchev–Trinajstić information content (AvgIpc) is 2.62. The molecule has 1 aliphatic heterocycles. The number of nitrogens with one attached hydrogen (secondary N) is 1. The van der Waals surface area contributed by atoms with Gasteiger partial charge in [-0.05, 0) is 47.9 Å². The summed E-state index contributed by atoms with van der Waals surface area (Å²) in [5.41, 5.74) is 4.25. The number of carbonyl (C=O) groups excluding carboxylic acids is 1. The molecule has 0 saturated carbocycles. The van der Waals surface area contributed by atoms with Gasteiger partial charge in [-0.3, -0.25) is 9.69 Å². The Balaban J connectivity index is 1.70. The molecule has 0 unspecified atom stereocenters. The van der Waals surface area contributed by atoms with E-state index in [1.165, 1.54) is 0 Å². The first kappa shape index (κ1) is 17.0. The first-order valence-corrected chi connectivity index (χ1v) is 8.07. The van der Waals surface area contributed by atoms with Crippen LogP contribution in [-0.2, 0) is 22.5 Å². The fraction of sp³-hybridized carbons (Fsp3) is 0.263. The summed E-state index contributed by atoms with van der Waals surface area (Å²) in [6, 6.07) is 12.7. The summed E-state index contributed by atoms with van der Waals surface area (Å²) < 4.78 is 5.12. The summed E-state index contributed by atoms with van der Waals surface area (Å²) in [6.07, 6.45) is 1.20. The van der Waals surface area contributed by atoms with Crippen molar-refractivity contribution in [3.05, 3.63) is 59.2 Å². The minimum atomic E-state index is -0.927. The van der Waals surface area contributed by atoms with Gasteiger partial charge in [0.25, 0.3) is 0 Å². The predicted molar refractivity (Wildman–Crippen MR) is 94.9 cm³/mol. The molecule has 0 bridgehead atoms. The molecule has 0 spiro atoms. The van der Waals surface area contributed by atoms with Crippen LogP contribution in [0.2, 0.25) is 0 Å². The highest BCUT2D eigenvalue weighted by Gasteiger charge is 2.23. The van der Waals surface area contributed by atoms with E-state index in [4.69, 9.17) is 9.84 Å². The highest BCUT2D eigenvalue weighted by molar-refractivity contribution is 5.96. The Labute approximate surface area is 146 Å². The van der Waals surface area contributed by atoms with Gasteiger partial charge < -0.3 is 15.2 Å². The van der Waals surface area contributed by atoms with E-state index in [9.17, 15) is 9.59 Å². The summed E-state index contributed by atoms with van der Waals surface area (Å²) in [7, 11) is 1.58. The normalized spacial score (nSPS) is 13.5. The molecule has 1 heterocycles. The molecule has 0 fully saturated rings. The molecule has 0 saturated heterocycles. The molecule has 2 aromatic rings. The Morgan fingerprint density at radius 3 is 2.64 bits per heavy atom. The topological polar surface area (TPSA) is 78.9 Å². The smallest absolute Gasteiger partial charge is 0.335 e. The molecule has 0 aliphatic carbocycles. The van der Waals surface area contributed by atoms with E-state index < -0.39 is 5.97 Å². The second kappa shape index (κ2) is 7.36. The van der Waals surface area contributed by atoms with Gasteiger partial charge in [-0.15, -0.1) is 0 Å². The van der Waals surface area contributed by atoms with Crippen molar-refractivity contribution in [2.24, 2.45) is 0 Å². The maximum Gasteiger partial charge on any atom is 0.335 e. The number of rotatable bonds is 6. The molecular weight excluding hydrogens is 320 g/mol. The van der Waals surface area contributed by atoms with Crippen molar-refractivity contribution in [1.82, 2.24) is 0 Å². The van der Waals surface area contributed by atoms with Gasteiger partial charge >= 0.3 is 5.97 Å². The second-order valence-corrected chi connectivity index (χ2v) is 5.94. The molecule has 0 radical (unpaired) electrons. The summed E-state index contributed by atoms with van der Waals surface area (Å²) >= 11 is 0. The number of hydrogen-bond donors (Lipinski definition) is 2. The van der Waals surface area contributed by atoms with E-state index in [0.717, 1.165) is 28.9 Å². The predicted octanol–water partition coefficient (Wildman–Crippen LogP) is 2.88. The number of nitrogens with zero attached hydrogens (tertiary/aromatic N) is 1. The van der Waals surface area contributed by atoms with Crippen molar-refractivity contribution in [3.63, 3.8) is 0 Å². The second-order valence-electron chi connectivity index (χ2n) is 5.94. The van der Waals surface area contributed by atoms with Crippen LogP contribution in [0.1, 0.15) is 27.9 Å². The van der Waals surface area contributed by atoms with Crippen molar-refractivity contribution in [3.8, 4) is 0 Å². The molecule has 6 nitrogen and oxygen atoms in total. The van der Waals surface area contributed by atoms with Crippen LogP contribution in [0.25, 0.3) is 0 Å². The lowest BCUT2D eigenvalue weighted by molar-refractivity contribution is -0.119. The van der Waals surface area contributed by atoms with E-state index >= 15 is 0 Å². The summed E-state index contributed by atoms with van der Waals surface area (Å²) in [4.78, 5) is 24.5. The van der Waals surface area contributed by atoms with Crippen LogP contribution in [0.15, 0.2) is 42.5 Å². The third-order valence-corrected chi connectivity index (χ3v) is 4.24. The highest BCUT2D eigenvalue weighted by atomic mass is 16.5. The SMILES string of the molecule is COCN1C(=O)CCc2cc(NCc3ccc(C(=O)O)cc3)ccc21. The number of methoxy groups -OCH3 is 1. The van der Waals surface area contributed by atoms with E-state index in [1.54, 1.807) is 36.3 Å². The van der Waals surface area contributed by atoms with Gasteiger partial charge in [0.1, 0.15) is 6.73 Å². The lowest BCUT2D eigenvalue weighted by atomic mass is 10.0. The molecular formula is C19H20N2O4. The summed E-state index contributed by atoms with van der Waals surface area (Å²) in [5.74, 6) is -0.849. The molecule has 1 amide bonds. The van der Waals surface area contributed by atoms with Gasteiger partial charge in [0.15, 0.2) is 0 Å². The molecule has 2 N–H and O–H groups in total. The third-order valence-electron chi connectivity index (χ3n) is 4.24. The number of carbonyl (C=O) groups is 2. The minimum absolute atomic E-state index is 0.0774. The van der Waals surface area contributed by atoms with Crippen LogP contribution in [0.5, 0.6) is 0 Å². The van der Waals surface area contributed by atoms with Gasteiger partial charge in [0, 0.05) is 31.5 Å². The van der Waals surface area contributed by atoms with Crippen molar-refractivity contribution in [2.45, 2.75) is 19.4 Å².